The highest BCUT2D eigenvalue weighted by Crippen LogP contribution is 2.22. The molecule has 0 saturated carbocycles. The average Bonchev–Trinajstić information content (AvgIpc) is 2.49. The monoisotopic (exact) mass is 256 g/mol. The Morgan fingerprint density at radius 1 is 0.947 bits per heavy atom. The molecule has 0 fully saturated rings. The molecule has 2 aromatic rings. The van der Waals surface area contributed by atoms with Gasteiger partial charge >= 0.3 is 0 Å². The van der Waals surface area contributed by atoms with Crippen LogP contribution in [0.15, 0.2) is 54.6 Å². The first-order valence-electron chi connectivity index (χ1n) is 6.02. The van der Waals surface area contributed by atoms with Gasteiger partial charge in [-0.1, -0.05) is 30.3 Å². The first kappa shape index (κ1) is 13.3. The Morgan fingerprint density at radius 2 is 1.58 bits per heavy atom. The molecule has 1 unspecified atom stereocenters. The molecule has 98 valence electrons. The quantitative estimate of drug-likeness (QED) is 0.770. The number of Topliss-reactive ketones (excluding diaryl/α,β-unsaturated/α-hetero) is 1. The summed E-state index contributed by atoms with van der Waals surface area (Å²) >= 11 is 0. The fraction of sp³-hybridized carbons (Fsp3) is 0.188. The minimum atomic E-state index is -0.574. The first-order valence-corrected chi connectivity index (χ1v) is 6.02. The lowest BCUT2D eigenvalue weighted by molar-refractivity contribution is 0.0604. The molecule has 3 heteroatoms. The SMILES string of the molecule is COc1ccc(C(=O)C(OC)c2ccccc2)cc1. The summed E-state index contributed by atoms with van der Waals surface area (Å²) in [5, 5.41) is 0. The second-order valence-corrected chi connectivity index (χ2v) is 4.12. The van der Waals surface area contributed by atoms with Crippen LogP contribution < -0.4 is 4.74 Å². The normalized spacial score (nSPS) is 11.9. The molecule has 0 saturated heterocycles. The van der Waals surface area contributed by atoms with Gasteiger partial charge in [-0.3, -0.25) is 4.79 Å². The first-order chi connectivity index (χ1) is 9.26. The Kier molecular flexibility index (Phi) is 4.31. The van der Waals surface area contributed by atoms with Crippen molar-refractivity contribution in [3.8, 4) is 5.75 Å². The van der Waals surface area contributed by atoms with Crippen molar-refractivity contribution in [3.05, 3.63) is 65.7 Å². The van der Waals surface area contributed by atoms with E-state index in [2.05, 4.69) is 0 Å². The van der Waals surface area contributed by atoms with Gasteiger partial charge in [-0.15, -0.1) is 0 Å². The zero-order chi connectivity index (χ0) is 13.7. The van der Waals surface area contributed by atoms with E-state index in [-0.39, 0.29) is 5.78 Å². The largest absolute Gasteiger partial charge is 0.497 e. The van der Waals surface area contributed by atoms with Crippen molar-refractivity contribution in [2.75, 3.05) is 14.2 Å². The third kappa shape index (κ3) is 3.01. The van der Waals surface area contributed by atoms with Crippen LogP contribution in [0.4, 0.5) is 0 Å². The number of hydrogen-bond acceptors (Lipinski definition) is 3. The van der Waals surface area contributed by atoms with Crippen molar-refractivity contribution in [2.45, 2.75) is 6.10 Å². The van der Waals surface area contributed by atoms with Crippen LogP contribution in [0.1, 0.15) is 22.0 Å². The molecule has 0 amide bonds. The zero-order valence-electron chi connectivity index (χ0n) is 11.0. The van der Waals surface area contributed by atoms with Crippen molar-refractivity contribution in [1.82, 2.24) is 0 Å². The Labute approximate surface area is 112 Å². The molecule has 0 bridgehead atoms. The summed E-state index contributed by atoms with van der Waals surface area (Å²) in [7, 11) is 3.14. The number of hydrogen-bond donors (Lipinski definition) is 0. The van der Waals surface area contributed by atoms with E-state index in [0.29, 0.717) is 5.56 Å². The Balaban J connectivity index is 2.25. The Morgan fingerprint density at radius 3 is 2.11 bits per heavy atom. The number of methoxy groups -OCH3 is 2. The molecule has 3 nitrogen and oxygen atoms in total. The van der Waals surface area contributed by atoms with Crippen molar-refractivity contribution < 1.29 is 14.3 Å². The van der Waals surface area contributed by atoms with Gasteiger partial charge in [-0.05, 0) is 29.8 Å². The third-order valence-corrected chi connectivity index (χ3v) is 2.95. The predicted octanol–water partition coefficient (Wildman–Crippen LogP) is 3.27. The molecular formula is C16H16O3. The van der Waals surface area contributed by atoms with E-state index in [1.165, 1.54) is 0 Å². The van der Waals surface area contributed by atoms with Crippen LogP contribution in [0, 0.1) is 0 Å². The smallest absolute Gasteiger partial charge is 0.196 e. The molecular weight excluding hydrogens is 240 g/mol. The van der Waals surface area contributed by atoms with Crippen LogP contribution in [0.3, 0.4) is 0 Å². The van der Waals surface area contributed by atoms with Gasteiger partial charge in [0.2, 0.25) is 0 Å². The van der Waals surface area contributed by atoms with Gasteiger partial charge in [0.25, 0.3) is 0 Å². The van der Waals surface area contributed by atoms with Gasteiger partial charge < -0.3 is 9.47 Å². The highest BCUT2D eigenvalue weighted by molar-refractivity contribution is 6.00. The van der Waals surface area contributed by atoms with E-state index < -0.39 is 6.10 Å². The van der Waals surface area contributed by atoms with Crippen LogP contribution in [-0.4, -0.2) is 20.0 Å². The van der Waals surface area contributed by atoms with E-state index in [0.717, 1.165) is 11.3 Å². The predicted molar refractivity (Wildman–Crippen MR) is 73.5 cm³/mol. The van der Waals surface area contributed by atoms with E-state index in [9.17, 15) is 4.79 Å². The number of carbonyl (C=O) groups excluding carboxylic acids is 1. The maximum Gasteiger partial charge on any atom is 0.196 e. The number of benzene rings is 2. The van der Waals surface area contributed by atoms with Crippen LogP contribution >= 0.6 is 0 Å². The maximum atomic E-state index is 12.4. The number of rotatable bonds is 5. The highest BCUT2D eigenvalue weighted by Gasteiger charge is 2.21. The number of ether oxygens (including phenoxy) is 2. The molecule has 0 aliphatic carbocycles. The molecule has 0 radical (unpaired) electrons. The summed E-state index contributed by atoms with van der Waals surface area (Å²) in [5.74, 6) is 0.668. The molecule has 0 N–H and O–H groups in total. The molecule has 0 heterocycles. The van der Waals surface area contributed by atoms with Gasteiger partial charge in [0.05, 0.1) is 7.11 Å². The lowest BCUT2D eigenvalue weighted by atomic mass is 10.00. The summed E-state index contributed by atoms with van der Waals surface area (Å²) < 4.78 is 10.4. The minimum Gasteiger partial charge on any atom is -0.497 e. The molecule has 2 aromatic carbocycles. The average molecular weight is 256 g/mol. The van der Waals surface area contributed by atoms with Crippen LogP contribution in [-0.2, 0) is 4.74 Å². The van der Waals surface area contributed by atoms with E-state index in [4.69, 9.17) is 9.47 Å². The summed E-state index contributed by atoms with van der Waals surface area (Å²) in [6.45, 7) is 0. The second-order valence-electron chi connectivity index (χ2n) is 4.12. The van der Waals surface area contributed by atoms with Crippen molar-refractivity contribution in [2.24, 2.45) is 0 Å². The third-order valence-electron chi connectivity index (χ3n) is 2.95. The molecule has 0 aliphatic rings. The highest BCUT2D eigenvalue weighted by atomic mass is 16.5. The van der Waals surface area contributed by atoms with Gasteiger partial charge in [0.1, 0.15) is 11.9 Å². The van der Waals surface area contributed by atoms with Crippen molar-refractivity contribution >= 4 is 5.78 Å². The molecule has 1 atom stereocenters. The van der Waals surface area contributed by atoms with E-state index in [1.54, 1.807) is 38.5 Å². The van der Waals surface area contributed by atoms with Crippen LogP contribution in [0.25, 0.3) is 0 Å². The fourth-order valence-electron chi connectivity index (χ4n) is 1.93. The molecule has 19 heavy (non-hydrogen) atoms. The second kappa shape index (κ2) is 6.16. The van der Waals surface area contributed by atoms with E-state index in [1.807, 2.05) is 30.3 Å². The lowest BCUT2D eigenvalue weighted by Crippen LogP contribution is -2.14. The van der Waals surface area contributed by atoms with Crippen LogP contribution in [0.5, 0.6) is 5.75 Å². The minimum absolute atomic E-state index is 0.0589. The topological polar surface area (TPSA) is 35.5 Å². The van der Waals surface area contributed by atoms with Crippen molar-refractivity contribution in [1.29, 1.82) is 0 Å². The maximum absolute atomic E-state index is 12.4. The lowest BCUT2D eigenvalue weighted by Gasteiger charge is -2.14. The molecule has 0 aliphatic heterocycles. The zero-order valence-corrected chi connectivity index (χ0v) is 11.0. The number of ketones is 1. The van der Waals surface area contributed by atoms with Gasteiger partial charge in [-0.25, -0.2) is 0 Å². The molecule has 0 spiro atoms. The summed E-state index contributed by atoms with van der Waals surface area (Å²) in [6.07, 6.45) is -0.574. The molecule has 0 aromatic heterocycles. The fourth-order valence-corrected chi connectivity index (χ4v) is 1.93. The number of carbonyl (C=O) groups is 1. The van der Waals surface area contributed by atoms with Crippen LogP contribution in [0.2, 0.25) is 0 Å². The van der Waals surface area contributed by atoms with Gasteiger partial charge in [0, 0.05) is 12.7 Å². The van der Waals surface area contributed by atoms with Gasteiger partial charge in [0.15, 0.2) is 5.78 Å². The van der Waals surface area contributed by atoms with Gasteiger partial charge in [-0.2, -0.15) is 0 Å². The van der Waals surface area contributed by atoms with Crippen molar-refractivity contribution in [3.63, 3.8) is 0 Å². The summed E-state index contributed by atoms with van der Waals surface area (Å²) in [5.41, 5.74) is 1.46. The standard InChI is InChI=1S/C16H16O3/c1-18-14-10-8-12(9-11-14)15(17)16(19-2)13-6-4-3-5-7-13/h3-11,16H,1-2H3. The summed E-state index contributed by atoms with van der Waals surface area (Å²) in [4.78, 5) is 12.4. The Hall–Kier alpha value is -2.13. The molecule has 2 rings (SSSR count). The summed E-state index contributed by atoms with van der Waals surface area (Å²) in [6, 6.07) is 16.5. The van der Waals surface area contributed by atoms with E-state index >= 15 is 0 Å². The Bertz CT molecular complexity index is 532.